The van der Waals surface area contributed by atoms with Gasteiger partial charge in [0.1, 0.15) is 0 Å². The SMILES string of the molecule is C1=CC(=CN2CCCC2)C(N=Nc2ccccc2)=C1. The smallest absolute Gasteiger partial charge is 0.0943 e. The minimum absolute atomic E-state index is 0.885. The van der Waals surface area contributed by atoms with Crippen LogP contribution in [0.15, 0.2) is 76.3 Å². The third kappa shape index (κ3) is 2.99. The van der Waals surface area contributed by atoms with Crippen LogP contribution >= 0.6 is 0 Å². The van der Waals surface area contributed by atoms with Crippen LogP contribution in [0.1, 0.15) is 12.8 Å². The molecule has 1 heterocycles. The summed E-state index contributed by atoms with van der Waals surface area (Å²) in [5, 5.41) is 8.62. The van der Waals surface area contributed by atoms with Gasteiger partial charge in [0.25, 0.3) is 0 Å². The summed E-state index contributed by atoms with van der Waals surface area (Å²) in [7, 11) is 0. The number of benzene rings is 1. The Kier molecular flexibility index (Phi) is 3.54. The Hall–Kier alpha value is -2.16. The van der Waals surface area contributed by atoms with E-state index in [4.69, 9.17) is 0 Å². The first-order valence-electron chi connectivity index (χ1n) is 6.73. The Morgan fingerprint density at radius 1 is 1.00 bits per heavy atom. The van der Waals surface area contributed by atoms with Crippen LogP contribution in [0.3, 0.4) is 0 Å². The van der Waals surface area contributed by atoms with Crippen molar-refractivity contribution in [2.75, 3.05) is 13.1 Å². The van der Waals surface area contributed by atoms with Crippen LogP contribution in [-0.2, 0) is 0 Å². The zero-order chi connectivity index (χ0) is 12.9. The summed E-state index contributed by atoms with van der Waals surface area (Å²) in [6, 6.07) is 9.83. The zero-order valence-corrected chi connectivity index (χ0v) is 10.9. The molecule has 1 aromatic rings. The van der Waals surface area contributed by atoms with Gasteiger partial charge in [0, 0.05) is 24.9 Å². The molecule has 1 aliphatic carbocycles. The van der Waals surface area contributed by atoms with Crippen molar-refractivity contribution in [3.8, 4) is 0 Å². The van der Waals surface area contributed by atoms with Crippen LogP contribution in [0.5, 0.6) is 0 Å². The molecule has 96 valence electrons. The van der Waals surface area contributed by atoms with Gasteiger partial charge in [-0.1, -0.05) is 30.4 Å². The largest absolute Gasteiger partial charge is 0.377 e. The predicted molar refractivity (Wildman–Crippen MR) is 77.1 cm³/mol. The average Bonchev–Trinajstić information content (AvgIpc) is 3.10. The molecule has 0 saturated carbocycles. The molecule has 3 heteroatoms. The third-order valence-electron chi connectivity index (χ3n) is 3.32. The van der Waals surface area contributed by atoms with Crippen LogP contribution in [0.4, 0.5) is 5.69 Å². The van der Waals surface area contributed by atoms with Crippen molar-refractivity contribution in [1.82, 2.24) is 4.90 Å². The molecule has 0 N–H and O–H groups in total. The summed E-state index contributed by atoms with van der Waals surface area (Å²) in [5.41, 5.74) is 2.98. The molecular formula is C16H17N3. The normalized spacial score (nSPS) is 20.7. The number of hydrogen-bond acceptors (Lipinski definition) is 3. The average molecular weight is 251 g/mol. The van der Waals surface area contributed by atoms with E-state index in [1.165, 1.54) is 12.8 Å². The zero-order valence-electron chi connectivity index (χ0n) is 10.9. The lowest BCUT2D eigenvalue weighted by Gasteiger charge is -2.12. The van der Waals surface area contributed by atoms with E-state index < -0.39 is 0 Å². The summed E-state index contributed by atoms with van der Waals surface area (Å²) in [5.74, 6) is 0. The molecule has 0 amide bonds. The summed E-state index contributed by atoms with van der Waals surface area (Å²) >= 11 is 0. The first-order valence-corrected chi connectivity index (χ1v) is 6.73. The highest BCUT2D eigenvalue weighted by Crippen LogP contribution is 2.23. The Morgan fingerprint density at radius 3 is 2.58 bits per heavy atom. The molecule has 3 rings (SSSR count). The minimum Gasteiger partial charge on any atom is -0.377 e. The van der Waals surface area contributed by atoms with Gasteiger partial charge >= 0.3 is 0 Å². The lowest BCUT2D eigenvalue weighted by molar-refractivity contribution is 0.465. The van der Waals surface area contributed by atoms with Gasteiger partial charge < -0.3 is 4.90 Å². The van der Waals surface area contributed by atoms with Crippen molar-refractivity contribution in [2.45, 2.75) is 12.8 Å². The second-order valence-electron chi connectivity index (χ2n) is 4.77. The maximum absolute atomic E-state index is 4.35. The van der Waals surface area contributed by atoms with Gasteiger partial charge in [-0.15, -0.1) is 5.11 Å². The molecule has 1 fully saturated rings. The number of allylic oxidation sites excluding steroid dienone is 3. The molecule has 1 aliphatic heterocycles. The van der Waals surface area contributed by atoms with Gasteiger partial charge in [-0.3, -0.25) is 0 Å². The van der Waals surface area contributed by atoms with Crippen molar-refractivity contribution in [1.29, 1.82) is 0 Å². The molecule has 0 aromatic heterocycles. The van der Waals surface area contributed by atoms with E-state index in [-0.39, 0.29) is 0 Å². The van der Waals surface area contributed by atoms with E-state index in [0.29, 0.717) is 0 Å². The van der Waals surface area contributed by atoms with Gasteiger partial charge in [-0.25, -0.2) is 0 Å². The van der Waals surface area contributed by atoms with Crippen molar-refractivity contribution in [2.24, 2.45) is 10.2 Å². The molecule has 0 unspecified atom stereocenters. The molecule has 1 aromatic carbocycles. The van der Waals surface area contributed by atoms with E-state index in [0.717, 1.165) is 30.0 Å². The highest BCUT2D eigenvalue weighted by atomic mass is 15.1. The molecule has 3 nitrogen and oxygen atoms in total. The Labute approximate surface area is 113 Å². The number of azo groups is 1. The van der Waals surface area contributed by atoms with Gasteiger partial charge in [0.15, 0.2) is 0 Å². The van der Waals surface area contributed by atoms with E-state index in [2.05, 4.69) is 27.4 Å². The van der Waals surface area contributed by atoms with E-state index in [1.54, 1.807) is 0 Å². The van der Waals surface area contributed by atoms with Crippen LogP contribution in [0.2, 0.25) is 0 Å². The highest BCUT2D eigenvalue weighted by Gasteiger charge is 2.11. The Morgan fingerprint density at radius 2 is 1.79 bits per heavy atom. The number of hydrogen-bond donors (Lipinski definition) is 0. The molecule has 19 heavy (non-hydrogen) atoms. The van der Waals surface area contributed by atoms with Crippen molar-refractivity contribution < 1.29 is 0 Å². The number of nitrogens with zero attached hydrogens (tertiary/aromatic N) is 3. The van der Waals surface area contributed by atoms with Crippen molar-refractivity contribution in [3.63, 3.8) is 0 Å². The second-order valence-corrected chi connectivity index (χ2v) is 4.77. The Balaban J connectivity index is 1.72. The molecule has 2 aliphatic rings. The summed E-state index contributed by atoms with van der Waals surface area (Å²) in [6.07, 6.45) is 10.9. The fraction of sp³-hybridized carbons (Fsp3) is 0.250. The number of rotatable bonds is 3. The number of likely N-dealkylation sites (tertiary alicyclic amines) is 1. The summed E-state index contributed by atoms with van der Waals surface area (Å²) in [4.78, 5) is 2.36. The molecule has 0 bridgehead atoms. The molecular weight excluding hydrogens is 234 g/mol. The Bertz CT molecular complexity index is 547. The van der Waals surface area contributed by atoms with Gasteiger partial charge in [-0.05, 0) is 31.1 Å². The van der Waals surface area contributed by atoms with Crippen molar-refractivity contribution in [3.05, 3.63) is 66.0 Å². The standard InChI is InChI=1S/C16H17N3/c1-2-8-15(9-3-1)17-18-16-10-6-7-14(16)13-19-11-4-5-12-19/h1-3,6-10,13H,4-5,11-12H2. The second kappa shape index (κ2) is 5.65. The third-order valence-corrected chi connectivity index (χ3v) is 3.32. The lowest BCUT2D eigenvalue weighted by Crippen LogP contribution is -2.11. The molecule has 0 radical (unpaired) electrons. The van der Waals surface area contributed by atoms with Crippen LogP contribution in [0, 0.1) is 0 Å². The maximum atomic E-state index is 4.35. The molecule has 1 saturated heterocycles. The highest BCUT2D eigenvalue weighted by molar-refractivity contribution is 5.47. The van der Waals surface area contributed by atoms with E-state index in [9.17, 15) is 0 Å². The van der Waals surface area contributed by atoms with Gasteiger partial charge in [0.05, 0.1) is 11.4 Å². The van der Waals surface area contributed by atoms with Gasteiger partial charge in [0.2, 0.25) is 0 Å². The van der Waals surface area contributed by atoms with Crippen molar-refractivity contribution >= 4 is 5.69 Å². The first kappa shape index (κ1) is 11.9. The van der Waals surface area contributed by atoms with E-state index >= 15 is 0 Å². The fourth-order valence-electron chi connectivity index (χ4n) is 2.30. The van der Waals surface area contributed by atoms with Crippen LogP contribution in [-0.4, -0.2) is 18.0 Å². The minimum atomic E-state index is 0.885. The predicted octanol–water partition coefficient (Wildman–Crippen LogP) is 4.20. The molecule has 0 atom stereocenters. The van der Waals surface area contributed by atoms with Gasteiger partial charge in [-0.2, -0.15) is 5.11 Å². The summed E-state index contributed by atoms with van der Waals surface area (Å²) < 4.78 is 0. The first-order chi connectivity index (χ1) is 9.42. The topological polar surface area (TPSA) is 28.0 Å². The quantitative estimate of drug-likeness (QED) is 0.740. The molecule has 0 spiro atoms. The monoisotopic (exact) mass is 251 g/mol. The lowest BCUT2D eigenvalue weighted by atomic mass is 10.2. The van der Waals surface area contributed by atoms with E-state index in [1.807, 2.05) is 42.5 Å². The fourth-order valence-corrected chi connectivity index (χ4v) is 2.30. The summed E-state index contributed by atoms with van der Waals surface area (Å²) in [6.45, 7) is 2.31. The van der Waals surface area contributed by atoms with Crippen LogP contribution < -0.4 is 0 Å². The maximum Gasteiger partial charge on any atom is 0.0943 e. The van der Waals surface area contributed by atoms with Crippen LogP contribution in [0.25, 0.3) is 0 Å².